The molecule has 0 bridgehead atoms. The Hall–Kier alpha value is -2.47. The molecule has 2 rings (SSSR count). The van der Waals surface area contributed by atoms with E-state index in [1.54, 1.807) is 27.0 Å². The summed E-state index contributed by atoms with van der Waals surface area (Å²) in [6.45, 7) is 5.45. The first-order valence-corrected chi connectivity index (χ1v) is 7.77. The molecule has 0 saturated carbocycles. The lowest BCUT2D eigenvalue weighted by Gasteiger charge is -2.23. The molecule has 0 aliphatic heterocycles. The van der Waals surface area contributed by atoms with Crippen LogP contribution in [0.2, 0.25) is 0 Å². The first-order valence-electron chi connectivity index (χ1n) is 7.77. The molecule has 1 heterocycles. The second kappa shape index (κ2) is 7.40. The molecule has 0 aliphatic carbocycles. The van der Waals surface area contributed by atoms with Gasteiger partial charge in [-0.05, 0) is 39.0 Å². The van der Waals surface area contributed by atoms with Crippen molar-refractivity contribution in [2.24, 2.45) is 0 Å². The summed E-state index contributed by atoms with van der Waals surface area (Å²) in [5.74, 6) is 1.83. The first kappa shape index (κ1) is 17.9. The number of carbonyl (C=O) groups excluding carboxylic acids is 1. The summed E-state index contributed by atoms with van der Waals surface area (Å²) in [5.41, 5.74) is 0.225. The first-order chi connectivity index (χ1) is 11.3. The number of aliphatic hydroxyl groups is 1. The highest BCUT2D eigenvalue weighted by Crippen LogP contribution is 2.26. The van der Waals surface area contributed by atoms with Gasteiger partial charge in [0.15, 0.2) is 0 Å². The third kappa shape index (κ3) is 4.29. The van der Waals surface area contributed by atoms with Crippen LogP contribution in [0.15, 0.2) is 34.7 Å². The van der Waals surface area contributed by atoms with Gasteiger partial charge < -0.3 is 24.9 Å². The molecule has 0 saturated heterocycles. The molecule has 1 atom stereocenters. The maximum atomic E-state index is 12.0. The summed E-state index contributed by atoms with van der Waals surface area (Å²) in [7, 11) is 1.58. The largest absolute Gasteiger partial charge is 0.495 e. The molecule has 6 nitrogen and oxygen atoms in total. The number of hydrogen-bond acceptors (Lipinski definition) is 5. The fourth-order valence-electron chi connectivity index (χ4n) is 2.56. The third-order valence-electron chi connectivity index (χ3n) is 3.80. The van der Waals surface area contributed by atoms with Crippen LogP contribution in [0.25, 0.3) is 0 Å². The van der Waals surface area contributed by atoms with E-state index in [0.717, 1.165) is 11.4 Å². The van der Waals surface area contributed by atoms with Crippen molar-refractivity contribution in [3.05, 3.63) is 47.4 Å². The molecule has 1 aromatic carbocycles. The molecule has 1 amide bonds. The standard InChI is InChI=1S/C18H24N2O4/c1-12-9-14(13(2)24-12)18(3,22)11-20-17(21)10-19-15-7-5-6-8-16(15)23-4/h5-9,19,22H,10-11H2,1-4H3,(H,20,21). The Labute approximate surface area is 141 Å². The van der Waals surface area contributed by atoms with Crippen molar-refractivity contribution >= 4 is 11.6 Å². The quantitative estimate of drug-likeness (QED) is 0.725. The Morgan fingerprint density at radius 2 is 2.04 bits per heavy atom. The lowest BCUT2D eigenvalue weighted by atomic mass is 9.96. The number of ether oxygens (including phenoxy) is 1. The lowest BCUT2D eigenvalue weighted by Crippen LogP contribution is -2.41. The zero-order chi connectivity index (χ0) is 17.7. The minimum Gasteiger partial charge on any atom is -0.495 e. The van der Waals surface area contributed by atoms with E-state index in [4.69, 9.17) is 9.15 Å². The van der Waals surface area contributed by atoms with E-state index in [0.29, 0.717) is 17.1 Å². The van der Waals surface area contributed by atoms with Crippen molar-refractivity contribution in [3.8, 4) is 5.75 Å². The number of rotatable bonds is 7. The summed E-state index contributed by atoms with van der Waals surface area (Å²) >= 11 is 0. The normalized spacial score (nSPS) is 13.2. The molecule has 0 radical (unpaired) electrons. The molecule has 0 fully saturated rings. The van der Waals surface area contributed by atoms with Crippen LogP contribution in [0.5, 0.6) is 5.75 Å². The van der Waals surface area contributed by atoms with E-state index in [-0.39, 0.29) is 19.0 Å². The molecule has 0 aliphatic rings. The number of aryl methyl sites for hydroxylation is 2. The number of furan rings is 1. The van der Waals surface area contributed by atoms with Gasteiger partial charge in [0.1, 0.15) is 22.9 Å². The number of hydrogen-bond donors (Lipinski definition) is 3. The van der Waals surface area contributed by atoms with Crippen LogP contribution in [-0.2, 0) is 10.4 Å². The summed E-state index contributed by atoms with van der Waals surface area (Å²) in [4.78, 5) is 12.0. The molecule has 24 heavy (non-hydrogen) atoms. The Bertz CT molecular complexity index is 707. The predicted octanol–water partition coefficient (Wildman–Crippen LogP) is 2.34. The molecular formula is C18H24N2O4. The SMILES string of the molecule is COc1ccccc1NCC(=O)NCC(C)(O)c1cc(C)oc1C. The van der Waals surface area contributed by atoms with Crippen molar-refractivity contribution in [1.82, 2.24) is 5.32 Å². The topological polar surface area (TPSA) is 83.7 Å². The van der Waals surface area contributed by atoms with Crippen molar-refractivity contribution in [2.45, 2.75) is 26.4 Å². The smallest absolute Gasteiger partial charge is 0.239 e. The van der Waals surface area contributed by atoms with Crippen LogP contribution in [0.4, 0.5) is 5.69 Å². The van der Waals surface area contributed by atoms with Crippen molar-refractivity contribution in [1.29, 1.82) is 0 Å². The van der Waals surface area contributed by atoms with Gasteiger partial charge in [-0.2, -0.15) is 0 Å². The van der Waals surface area contributed by atoms with Crippen molar-refractivity contribution in [3.63, 3.8) is 0 Å². The van der Waals surface area contributed by atoms with Gasteiger partial charge >= 0.3 is 0 Å². The van der Waals surface area contributed by atoms with Gasteiger partial charge in [-0.15, -0.1) is 0 Å². The third-order valence-corrected chi connectivity index (χ3v) is 3.80. The zero-order valence-electron chi connectivity index (χ0n) is 14.5. The molecule has 1 unspecified atom stereocenters. The molecule has 6 heteroatoms. The van der Waals surface area contributed by atoms with Crippen LogP contribution < -0.4 is 15.4 Å². The van der Waals surface area contributed by atoms with Gasteiger partial charge in [-0.25, -0.2) is 0 Å². The van der Waals surface area contributed by atoms with Crippen LogP contribution in [-0.4, -0.2) is 31.2 Å². The zero-order valence-corrected chi connectivity index (χ0v) is 14.5. The average molecular weight is 332 g/mol. The number of methoxy groups -OCH3 is 1. The Morgan fingerprint density at radius 1 is 1.33 bits per heavy atom. The fourth-order valence-corrected chi connectivity index (χ4v) is 2.56. The number of benzene rings is 1. The van der Waals surface area contributed by atoms with E-state index in [9.17, 15) is 9.90 Å². The number of nitrogens with one attached hydrogen (secondary N) is 2. The Kier molecular flexibility index (Phi) is 5.51. The van der Waals surface area contributed by atoms with Gasteiger partial charge in [0.2, 0.25) is 5.91 Å². The number of para-hydroxylation sites is 2. The highest BCUT2D eigenvalue weighted by molar-refractivity contribution is 5.81. The molecule has 130 valence electrons. The molecule has 2 aromatic rings. The number of carbonyl (C=O) groups is 1. The molecular weight excluding hydrogens is 308 g/mol. The average Bonchev–Trinajstić information content (AvgIpc) is 2.90. The van der Waals surface area contributed by atoms with Crippen molar-refractivity contribution < 1.29 is 19.1 Å². The Balaban J connectivity index is 1.90. The highest BCUT2D eigenvalue weighted by Gasteiger charge is 2.28. The van der Waals surface area contributed by atoms with Gasteiger partial charge in [-0.1, -0.05) is 12.1 Å². The van der Waals surface area contributed by atoms with E-state index >= 15 is 0 Å². The van der Waals surface area contributed by atoms with Crippen LogP contribution in [0, 0.1) is 13.8 Å². The number of amides is 1. The van der Waals surface area contributed by atoms with E-state index in [2.05, 4.69) is 10.6 Å². The van der Waals surface area contributed by atoms with E-state index < -0.39 is 5.60 Å². The highest BCUT2D eigenvalue weighted by atomic mass is 16.5. The molecule has 0 spiro atoms. The van der Waals surface area contributed by atoms with Gasteiger partial charge in [-0.3, -0.25) is 4.79 Å². The second-order valence-electron chi connectivity index (χ2n) is 5.93. The number of anilines is 1. The monoisotopic (exact) mass is 332 g/mol. The van der Waals surface area contributed by atoms with Crippen LogP contribution >= 0.6 is 0 Å². The summed E-state index contributed by atoms with van der Waals surface area (Å²) < 4.78 is 10.7. The summed E-state index contributed by atoms with van der Waals surface area (Å²) in [5, 5.41) is 16.3. The maximum absolute atomic E-state index is 12.0. The van der Waals surface area contributed by atoms with Crippen LogP contribution in [0.1, 0.15) is 24.0 Å². The van der Waals surface area contributed by atoms with Gasteiger partial charge in [0, 0.05) is 5.56 Å². The van der Waals surface area contributed by atoms with E-state index in [1.807, 2.05) is 31.2 Å². The molecule has 3 N–H and O–H groups in total. The minimum absolute atomic E-state index is 0.0832. The minimum atomic E-state index is -1.19. The van der Waals surface area contributed by atoms with Gasteiger partial charge in [0.25, 0.3) is 0 Å². The summed E-state index contributed by atoms with van der Waals surface area (Å²) in [6.07, 6.45) is 0. The predicted molar refractivity (Wildman–Crippen MR) is 92.2 cm³/mol. The molecule has 1 aromatic heterocycles. The summed E-state index contributed by atoms with van der Waals surface area (Å²) in [6, 6.07) is 9.15. The van der Waals surface area contributed by atoms with Crippen molar-refractivity contribution in [2.75, 3.05) is 25.5 Å². The lowest BCUT2D eigenvalue weighted by molar-refractivity contribution is -0.120. The fraction of sp³-hybridized carbons (Fsp3) is 0.389. The Morgan fingerprint density at radius 3 is 2.67 bits per heavy atom. The van der Waals surface area contributed by atoms with Gasteiger partial charge in [0.05, 0.1) is 25.9 Å². The second-order valence-corrected chi connectivity index (χ2v) is 5.93. The van der Waals surface area contributed by atoms with E-state index in [1.165, 1.54) is 0 Å². The van der Waals surface area contributed by atoms with Crippen LogP contribution in [0.3, 0.4) is 0 Å². The maximum Gasteiger partial charge on any atom is 0.239 e.